The Bertz CT molecular complexity index is 1520. The molecule has 0 bridgehead atoms. The van der Waals surface area contributed by atoms with Crippen LogP contribution in [0.3, 0.4) is 0 Å². The number of halogens is 1. The van der Waals surface area contributed by atoms with Gasteiger partial charge in [-0.25, -0.2) is 0 Å². The summed E-state index contributed by atoms with van der Waals surface area (Å²) in [6, 6.07) is 24.4. The molecule has 6 nitrogen and oxygen atoms in total. The van der Waals surface area contributed by atoms with E-state index in [1.165, 1.54) is 24.0 Å². The van der Waals surface area contributed by atoms with Crippen molar-refractivity contribution < 1.29 is 9.59 Å². The predicted molar refractivity (Wildman–Crippen MR) is 187 cm³/mol. The normalized spacial score (nSPS) is 21.6. The van der Waals surface area contributed by atoms with E-state index in [9.17, 15) is 9.59 Å². The van der Waals surface area contributed by atoms with Crippen LogP contribution in [0.4, 0.5) is 5.69 Å². The van der Waals surface area contributed by atoms with Crippen molar-refractivity contribution in [3.63, 3.8) is 0 Å². The lowest BCUT2D eigenvalue weighted by Crippen LogP contribution is -2.50. The second-order valence-corrected chi connectivity index (χ2v) is 14.1. The summed E-state index contributed by atoms with van der Waals surface area (Å²) in [6.07, 6.45) is 7.53. The maximum atomic E-state index is 13.8. The molecule has 45 heavy (non-hydrogen) atoms. The zero-order valence-electron chi connectivity index (χ0n) is 26.1. The monoisotopic (exact) mass is 642 g/mol. The first-order valence-corrected chi connectivity index (χ1v) is 17.6. The van der Waals surface area contributed by atoms with Crippen molar-refractivity contribution in [1.29, 1.82) is 0 Å². The summed E-state index contributed by atoms with van der Waals surface area (Å²) in [5, 5.41) is 4.32. The third-order valence-electron chi connectivity index (χ3n) is 9.23. The van der Waals surface area contributed by atoms with Crippen LogP contribution in [-0.4, -0.2) is 72.2 Å². The van der Waals surface area contributed by atoms with Gasteiger partial charge in [-0.15, -0.1) is 11.8 Å². The van der Waals surface area contributed by atoms with Crippen LogP contribution in [0.5, 0.6) is 0 Å². The number of carbonyl (C=O) groups is 2. The molecule has 2 heterocycles. The molecule has 3 aromatic rings. The van der Waals surface area contributed by atoms with Gasteiger partial charge in [0.05, 0.1) is 15.6 Å². The summed E-state index contributed by atoms with van der Waals surface area (Å²) >= 11 is 8.13. The zero-order valence-corrected chi connectivity index (χ0v) is 27.7. The van der Waals surface area contributed by atoms with Crippen LogP contribution in [0, 0.1) is 6.92 Å². The van der Waals surface area contributed by atoms with Gasteiger partial charge in [0, 0.05) is 56.1 Å². The van der Waals surface area contributed by atoms with Gasteiger partial charge < -0.3 is 15.1 Å². The minimum atomic E-state index is -0.0600. The molecule has 2 amide bonds. The fraction of sp³-hybridized carbons (Fsp3) is 0.405. The predicted octanol–water partition coefficient (Wildman–Crippen LogP) is 7.02. The molecule has 0 aromatic heterocycles. The van der Waals surface area contributed by atoms with Crippen molar-refractivity contribution in [1.82, 2.24) is 15.1 Å². The average molecular weight is 643 g/mol. The second-order valence-electron chi connectivity index (χ2n) is 12.5. The molecular formula is C37H43ClN4O2S. The Labute approximate surface area is 276 Å². The number of fused-ring (bicyclic) bond motifs is 1. The average Bonchev–Trinajstić information content (AvgIpc) is 3.06. The number of nitrogens with one attached hydrogen (secondary N) is 1. The van der Waals surface area contributed by atoms with Crippen molar-refractivity contribution in [3.8, 4) is 0 Å². The van der Waals surface area contributed by atoms with Gasteiger partial charge in [0.1, 0.15) is 0 Å². The van der Waals surface area contributed by atoms with E-state index in [4.69, 9.17) is 11.6 Å². The number of nitrogens with zero attached hydrogens (tertiary/aromatic N) is 3. The summed E-state index contributed by atoms with van der Waals surface area (Å²) < 4.78 is 0. The summed E-state index contributed by atoms with van der Waals surface area (Å²) in [5.74, 6) is 0.0620. The quantitative estimate of drug-likeness (QED) is 0.201. The van der Waals surface area contributed by atoms with Crippen LogP contribution < -0.4 is 10.2 Å². The zero-order chi connectivity index (χ0) is 31.2. The molecule has 2 saturated heterocycles. The van der Waals surface area contributed by atoms with Gasteiger partial charge >= 0.3 is 0 Å². The number of para-hydroxylation sites is 1. The maximum Gasteiger partial charge on any atom is 0.260 e. The van der Waals surface area contributed by atoms with Gasteiger partial charge in [0.25, 0.3) is 11.8 Å². The first-order chi connectivity index (χ1) is 21.9. The molecule has 6 rings (SSSR count). The number of anilines is 1. The van der Waals surface area contributed by atoms with E-state index in [-0.39, 0.29) is 17.9 Å². The molecule has 1 N–H and O–H groups in total. The fourth-order valence-corrected chi connectivity index (χ4v) is 8.51. The number of hydrogen-bond donors (Lipinski definition) is 1. The Morgan fingerprint density at radius 1 is 0.978 bits per heavy atom. The number of aryl methyl sites for hydroxylation is 1. The minimum absolute atomic E-state index is 0.0600. The van der Waals surface area contributed by atoms with Gasteiger partial charge in [-0.05, 0) is 74.2 Å². The highest BCUT2D eigenvalue weighted by Crippen LogP contribution is 2.42. The fourth-order valence-electron chi connectivity index (χ4n) is 6.78. The van der Waals surface area contributed by atoms with Gasteiger partial charge in [-0.1, -0.05) is 78.5 Å². The van der Waals surface area contributed by atoms with Gasteiger partial charge in [0.15, 0.2) is 0 Å². The highest BCUT2D eigenvalue weighted by atomic mass is 35.5. The smallest absolute Gasteiger partial charge is 0.260 e. The van der Waals surface area contributed by atoms with Crippen LogP contribution in [0.2, 0.25) is 5.02 Å². The van der Waals surface area contributed by atoms with Crippen LogP contribution in [0.15, 0.2) is 77.7 Å². The maximum absolute atomic E-state index is 13.8. The number of carbonyl (C=O) groups excluding carboxylic acids is 2. The summed E-state index contributed by atoms with van der Waals surface area (Å²) in [4.78, 5) is 34.3. The van der Waals surface area contributed by atoms with Crippen molar-refractivity contribution >= 4 is 46.9 Å². The minimum Gasteiger partial charge on any atom is -0.368 e. The van der Waals surface area contributed by atoms with E-state index in [0.717, 1.165) is 73.2 Å². The first kappa shape index (κ1) is 31.7. The first-order valence-electron chi connectivity index (χ1n) is 16.3. The van der Waals surface area contributed by atoms with Crippen LogP contribution in [0.25, 0.3) is 6.08 Å². The Balaban J connectivity index is 0.997. The molecule has 2 aliphatic heterocycles. The van der Waals surface area contributed by atoms with Gasteiger partial charge in [-0.3, -0.25) is 14.5 Å². The number of rotatable bonds is 9. The van der Waals surface area contributed by atoms with Gasteiger partial charge in [0.2, 0.25) is 0 Å². The molecule has 3 aromatic carbocycles. The molecule has 236 valence electrons. The third kappa shape index (κ3) is 7.94. The Kier molecular flexibility index (Phi) is 10.5. The van der Waals surface area contributed by atoms with E-state index < -0.39 is 0 Å². The van der Waals surface area contributed by atoms with E-state index in [1.54, 1.807) is 11.8 Å². The molecule has 1 aliphatic carbocycles. The largest absolute Gasteiger partial charge is 0.368 e. The Hall–Kier alpha value is -3.26. The number of amides is 2. The highest BCUT2D eigenvalue weighted by molar-refractivity contribution is 8.04. The van der Waals surface area contributed by atoms with Crippen molar-refractivity contribution in [3.05, 3.63) is 105 Å². The van der Waals surface area contributed by atoms with Crippen molar-refractivity contribution in [2.24, 2.45) is 0 Å². The molecule has 0 spiro atoms. The molecule has 1 saturated carbocycles. The molecule has 0 radical (unpaired) electrons. The van der Waals surface area contributed by atoms with E-state index >= 15 is 0 Å². The number of benzene rings is 3. The summed E-state index contributed by atoms with van der Waals surface area (Å²) in [7, 11) is 0. The molecule has 3 fully saturated rings. The van der Waals surface area contributed by atoms with Crippen LogP contribution in [-0.2, 0) is 11.3 Å². The van der Waals surface area contributed by atoms with E-state index in [1.807, 2.05) is 48.5 Å². The number of thioether (sulfide) groups is 1. The molecule has 2 unspecified atom stereocenters. The number of piperazine rings is 1. The highest BCUT2D eigenvalue weighted by Gasteiger charge is 2.40. The lowest BCUT2D eigenvalue weighted by molar-refractivity contribution is -0.130. The molecule has 3 aliphatic rings. The Morgan fingerprint density at radius 2 is 1.76 bits per heavy atom. The van der Waals surface area contributed by atoms with Crippen LogP contribution >= 0.6 is 23.4 Å². The Morgan fingerprint density at radius 3 is 2.53 bits per heavy atom. The second kappa shape index (κ2) is 14.9. The van der Waals surface area contributed by atoms with Crippen LogP contribution in [0.1, 0.15) is 59.2 Å². The van der Waals surface area contributed by atoms with E-state index in [2.05, 4.69) is 57.3 Å². The van der Waals surface area contributed by atoms with Gasteiger partial charge in [-0.2, -0.15) is 0 Å². The van der Waals surface area contributed by atoms with E-state index in [0.29, 0.717) is 23.9 Å². The lowest BCUT2D eigenvalue weighted by atomic mass is 9.92. The molecule has 2 atom stereocenters. The molecular weight excluding hydrogens is 600 g/mol. The lowest BCUT2D eigenvalue weighted by Gasteiger charge is -2.44. The SMILES string of the molecule is Cc1cccc(CN2C(=O)/C(=C\c3ccc(C(=O)NCCCN4CCN(c5ccccc5Cl)CC4)cc3)SC3CCCCC32)c1. The third-order valence-corrected chi connectivity index (χ3v) is 10.9. The van der Waals surface area contributed by atoms with Crippen molar-refractivity contribution in [2.45, 2.75) is 56.9 Å². The summed E-state index contributed by atoms with van der Waals surface area (Å²) in [6.45, 7) is 8.23. The topological polar surface area (TPSA) is 55.9 Å². The summed E-state index contributed by atoms with van der Waals surface area (Å²) in [5.41, 5.74) is 5.10. The van der Waals surface area contributed by atoms with Crippen molar-refractivity contribution in [2.75, 3.05) is 44.2 Å². The number of hydrogen-bond acceptors (Lipinski definition) is 5. The standard InChI is InChI=1S/C37H43ClN4O2S/c1-27-8-6-9-29(24-27)26-42-33-12-4-5-13-34(33)45-35(37(42)44)25-28-14-16-30(17-15-28)36(43)39-18-7-19-40-20-22-41(23-21-40)32-11-3-2-10-31(32)38/h2-3,6,8-11,14-17,24-25,33-34H,4-5,7,12-13,18-23,26H2,1H3,(H,39,43)/b35-25+. The molecule has 8 heteroatoms.